The number of carbonyl (C=O) groups excluding carboxylic acids is 1. The number of aromatic nitrogens is 4. The number of rotatable bonds is 8. The van der Waals surface area contributed by atoms with Gasteiger partial charge < -0.3 is 9.88 Å². The van der Waals surface area contributed by atoms with Crippen molar-refractivity contribution in [2.24, 2.45) is 0 Å². The van der Waals surface area contributed by atoms with E-state index in [9.17, 15) is 4.79 Å². The zero-order valence-corrected chi connectivity index (χ0v) is 16.4. The topological polar surface area (TPSA) is 72.7 Å². The fraction of sp³-hybridized carbons (Fsp3) is 0.333. The number of nitrogens with zero attached hydrogens (tertiary/aromatic N) is 4. The number of amides is 1. The van der Waals surface area contributed by atoms with Gasteiger partial charge in [-0.25, -0.2) is 0 Å². The molecule has 0 aromatic carbocycles. The molecule has 26 heavy (non-hydrogen) atoms. The van der Waals surface area contributed by atoms with Crippen LogP contribution in [0.25, 0.3) is 11.4 Å². The molecule has 0 spiro atoms. The average molecular weight is 388 g/mol. The third-order valence-corrected chi connectivity index (χ3v) is 5.73. The molecule has 0 aliphatic rings. The summed E-state index contributed by atoms with van der Waals surface area (Å²) in [4.78, 5) is 17.6. The van der Waals surface area contributed by atoms with Crippen LogP contribution in [0.5, 0.6) is 0 Å². The van der Waals surface area contributed by atoms with E-state index in [0.717, 1.165) is 34.4 Å². The first-order chi connectivity index (χ1) is 12.7. The van der Waals surface area contributed by atoms with Crippen LogP contribution in [-0.2, 0) is 17.9 Å². The van der Waals surface area contributed by atoms with Crippen LogP contribution in [0, 0.1) is 0 Å². The highest BCUT2D eigenvalue weighted by Gasteiger charge is 2.20. The van der Waals surface area contributed by atoms with Gasteiger partial charge in [0.2, 0.25) is 5.91 Å². The van der Waals surface area contributed by atoms with E-state index in [4.69, 9.17) is 0 Å². The molecule has 6 nitrogen and oxygen atoms in total. The maximum absolute atomic E-state index is 12.4. The molecule has 0 aliphatic carbocycles. The van der Waals surface area contributed by atoms with E-state index in [1.54, 1.807) is 23.7 Å². The summed E-state index contributed by atoms with van der Waals surface area (Å²) in [5.74, 6) is 0.808. The van der Waals surface area contributed by atoms with Crippen molar-refractivity contribution in [1.82, 2.24) is 25.1 Å². The summed E-state index contributed by atoms with van der Waals surface area (Å²) in [6.07, 6.45) is 4.45. The number of thioether (sulfide) groups is 1. The molecule has 1 amide bonds. The summed E-state index contributed by atoms with van der Waals surface area (Å²) in [6.45, 7) is 5.37. The Hall–Kier alpha value is -2.19. The Morgan fingerprint density at radius 3 is 2.81 bits per heavy atom. The lowest BCUT2D eigenvalue weighted by molar-refractivity contribution is -0.120. The van der Waals surface area contributed by atoms with Crippen molar-refractivity contribution in [3.8, 4) is 11.4 Å². The third-order valence-electron chi connectivity index (χ3n) is 3.77. The maximum atomic E-state index is 12.4. The van der Waals surface area contributed by atoms with E-state index in [1.165, 1.54) is 11.8 Å². The molecule has 0 saturated heterocycles. The molecule has 3 rings (SSSR count). The number of hydrogen-bond donors (Lipinski definition) is 1. The van der Waals surface area contributed by atoms with E-state index >= 15 is 0 Å². The van der Waals surface area contributed by atoms with Crippen LogP contribution in [0.2, 0.25) is 0 Å². The summed E-state index contributed by atoms with van der Waals surface area (Å²) in [6, 6.07) is 7.84. The van der Waals surface area contributed by atoms with Gasteiger partial charge in [-0.2, -0.15) is 0 Å². The van der Waals surface area contributed by atoms with Crippen molar-refractivity contribution in [3.63, 3.8) is 0 Å². The highest BCUT2D eigenvalue weighted by atomic mass is 32.2. The van der Waals surface area contributed by atoms with Crippen LogP contribution in [0.4, 0.5) is 0 Å². The first-order valence-electron chi connectivity index (χ1n) is 8.49. The Balaban J connectivity index is 1.70. The van der Waals surface area contributed by atoms with Gasteiger partial charge >= 0.3 is 0 Å². The van der Waals surface area contributed by atoms with Crippen LogP contribution in [0.15, 0.2) is 47.2 Å². The van der Waals surface area contributed by atoms with Crippen LogP contribution >= 0.6 is 23.1 Å². The Morgan fingerprint density at radius 2 is 2.12 bits per heavy atom. The summed E-state index contributed by atoms with van der Waals surface area (Å²) >= 11 is 3.07. The van der Waals surface area contributed by atoms with Crippen molar-refractivity contribution in [3.05, 3.63) is 46.9 Å². The van der Waals surface area contributed by atoms with E-state index in [2.05, 4.69) is 32.0 Å². The van der Waals surface area contributed by atoms with Crippen molar-refractivity contribution >= 4 is 29.0 Å². The Kier molecular flexibility index (Phi) is 6.40. The summed E-state index contributed by atoms with van der Waals surface area (Å²) in [7, 11) is 0. The SMILES string of the molecule is CCCn1c(SC(C)C(=O)NCc2cccs2)nnc1-c1ccncc1. The first-order valence-corrected chi connectivity index (χ1v) is 10.2. The Bertz CT molecular complexity index is 833. The molecule has 0 saturated carbocycles. The molecule has 3 heterocycles. The molecule has 3 aromatic rings. The number of thiophene rings is 1. The number of pyridine rings is 1. The van der Waals surface area contributed by atoms with Crippen molar-refractivity contribution in [2.75, 3.05) is 0 Å². The van der Waals surface area contributed by atoms with Gasteiger partial charge in [-0.05, 0) is 36.9 Å². The van der Waals surface area contributed by atoms with Crippen LogP contribution in [-0.4, -0.2) is 30.9 Å². The molecule has 1 N–H and O–H groups in total. The van der Waals surface area contributed by atoms with E-state index in [-0.39, 0.29) is 11.2 Å². The average Bonchev–Trinajstić information content (AvgIpc) is 3.31. The van der Waals surface area contributed by atoms with Crippen LogP contribution in [0.3, 0.4) is 0 Å². The van der Waals surface area contributed by atoms with Gasteiger partial charge in [-0.15, -0.1) is 21.5 Å². The van der Waals surface area contributed by atoms with E-state index in [0.29, 0.717) is 6.54 Å². The van der Waals surface area contributed by atoms with Gasteiger partial charge in [-0.3, -0.25) is 9.78 Å². The molecule has 0 fully saturated rings. The third kappa shape index (κ3) is 4.50. The standard InChI is InChI=1S/C18H21N5OS2/c1-3-10-23-16(14-6-8-19-9-7-14)21-22-18(23)26-13(2)17(24)20-12-15-5-4-11-25-15/h4-9,11,13H,3,10,12H2,1-2H3,(H,20,24). The van der Waals surface area contributed by atoms with Crippen molar-refractivity contribution in [1.29, 1.82) is 0 Å². The number of carbonyl (C=O) groups is 1. The van der Waals surface area contributed by atoms with Gasteiger partial charge in [0.15, 0.2) is 11.0 Å². The Morgan fingerprint density at radius 1 is 1.31 bits per heavy atom. The maximum Gasteiger partial charge on any atom is 0.233 e. The fourth-order valence-electron chi connectivity index (χ4n) is 2.46. The Labute approximate surface area is 161 Å². The predicted molar refractivity (Wildman–Crippen MR) is 105 cm³/mol. The minimum atomic E-state index is -0.250. The molecule has 0 bridgehead atoms. The van der Waals surface area contributed by atoms with Gasteiger partial charge in [0, 0.05) is 29.4 Å². The second-order valence-electron chi connectivity index (χ2n) is 5.75. The molecule has 1 atom stereocenters. The quantitative estimate of drug-likeness (QED) is 0.598. The molecule has 0 aliphatic heterocycles. The first kappa shape index (κ1) is 18.6. The lowest BCUT2D eigenvalue weighted by atomic mass is 10.2. The van der Waals surface area contributed by atoms with Crippen LogP contribution < -0.4 is 5.32 Å². The summed E-state index contributed by atoms with van der Waals surface area (Å²) in [5, 5.41) is 14.2. The zero-order valence-electron chi connectivity index (χ0n) is 14.8. The normalized spacial score (nSPS) is 12.1. The highest BCUT2D eigenvalue weighted by molar-refractivity contribution is 8.00. The summed E-state index contributed by atoms with van der Waals surface area (Å²) < 4.78 is 2.07. The molecule has 0 radical (unpaired) electrons. The lowest BCUT2D eigenvalue weighted by Gasteiger charge is -2.13. The number of hydrogen-bond acceptors (Lipinski definition) is 6. The zero-order chi connectivity index (χ0) is 18.4. The second kappa shape index (κ2) is 8.95. The minimum absolute atomic E-state index is 0.0000837. The minimum Gasteiger partial charge on any atom is -0.350 e. The molecule has 3 aromatic heterocycles. The molecule has 1 unspecified atom stereocenters. The monoisotopic (exact) mass is 387 g/mol. The van der Waals surface area contributed by atoms with Crippen molar-refractivity contribution in [2.45, 2.75) is 43.8 Å². The molecule has 8 heteroatoms. The van der Waals surface area contributed by atoms with Crippen LogP contribution in [0.1, 0.15) is 25.1 Å². The van der Waals surface area contributed by atoms with Gasteiger partial charge in [0.1, 0.15) is 0 Å². The molecular weight excluding hydrogens is 366 g/mol. The molecular formula is C18H21N5OS2. The summed E-state index contributed by atoms with van der Waals surface area (Å²) in [5.41, 5.74) is 0.975. The highest BCUT2D eigenvalue weighted by Crippen LogP contribution is 2.27. The smallest absolute Gasteiger partial charge is 0.233 e. The molecule has 136 valence electrons. The van der Waals surface area contributed by atoms with Gasteiger partial charge in [0.25, 0.3) is 0 Å². The largest absolute Gasteiger partial charge is 0.350 e. The second-order valence-corrected chi connectivity index (χ2v) is 8.09. The van der Waals surface area contributed by atoms with Gasteiger partial charge in [0.05, 0.1) is 11.8 Å². The van der Waals surface area contributed by atoms with E-state index in [1.807, 2.05) is 36.6 Å². The predicted octanol–water partition coefficient (Wildman–Crippen LogP) is 3.61. The van der Waals surface area contributed by atoms with Crippen molar-refractivity contribution < 1.29 is 4.79 Å². The lowest BCUT2D eigenvalue weighted by Crippen LogP contribution is -2.30. The fourth-order valence-corrected chi connectivity index (χ4v) is 4.00. The van der Waals surface area contributed by atoms with Gasteiger partial charge in [-0.1, -0.05) is 24.8 Å². The number of nitrogens with one attached hydrogen (secondary N) is 1. The van der Waals surface area contributed by atoms with E-state index < -0.39 is 0 Å².